The quantitative estimate of drug-likeness (QED) is 0.849. The third-order valence-electron chi connectivity index (χ3n) is 2.63. The van der Waals surface area contributed by atoms with E-state index >= 15 is 0 Å². The van der Waals surface area contributed by atoms with Gasteiger partial charge < -0.3 is 5.32 Å². The average molecular weight is 297 g/mol. The second-order valence-electron chi connectivity index (χ2n) is 3.99. The predicted octanol–water partition coefficient (Wildman–Crippen LogP) is 1.06. The number of nitrogens with one attached hydrogen (secondary N) is 1. The van der Waals surface area contributed by atoms with E-state index in [2.05, 4.69) is 21.2 Å². The van der Waals surface area contributed by atoms with Crippen molar-refractivity contribution in [3.8, 4) is 0 Å². The number of amides is 1. The zero-order valence-electron chi connectivity index (χ0n) is 9.28. The van der Waals surface area contributed by atoms with Gasteiger partial charge in [0.1, 0.15) is 0 Å². The molecule has 4 nitrogen and oxygen atoms in total. The molecule has 0 bridgehead atoms. The van der Waals surface area contributed by atoms with Gasteiger partial charge in [-0.05, 0) is 12.1 Å². The number of ketones is 1. The number of rotatable bonds is 3. The number of carbonyl (C=O) groups excluding carboxylic acids is 2. The topological polar surface area (TPSA) is 49.4 Å². The summed E-state index contributed by atoms with van der Waals surface area (Å²) in [7, 11) is 0. The van der Waals surface area contributed by atoms with Crippen molar-refractivity contribution in [3.05, 3.63) is 34.3 Å². The summed E-state index contributed by atoms with van der Waals surface area (Å²) in [5.74, 6) is 0.0271. The summed E-state index contributed by atoms with van der Waals surface area (Å²) in [6.45, 7) is 1.94. The molecule has 0 radical (unpaired) electrons. The zero-order valence-corrected chi connectivity index (χ0v) is 10.9. The van der Waals surface area contributed by atoms with Gasteiger partial charge in [-0.3, -0.25) is 14.5 Å². The average Bonchev–Trinajstić information content (AvgIpc) is 2.29. The van der Waals surface area contributed by atoms with Crippen molar-refractivity contribution in [2.24, 2.45) is 0 Å². The van der Waals surface area contributed by atoms with E-state index in [-0.39, 0.29) is 11.7 Å². The van der Waals surface area contributed by atoms with Crippen LogP contribution in [0.4, 0.5) is 0 Å². The molecule has 5 heteroatoms. The van der Waals surface area contributed by atoms with Crippen LogP contribution in [0.25, 0.3) is 0 Å². The molecule has 1 aliphatic heterocycles. The van der Waals surface area contributed by atoms with E-state index in [9.17, 15) is 9.59 Å². The minimum atomic E-state index is -0.0155. The number of hydrogen-bond acceptors (Lipinski definition) is 3. The molecule has 17 heavy (non-hydrogen) atoms. The number of halogens is 1. The molecule has 1 aromatic rings. The molecular formula is C12H13BrN2O2. The minimum Gasteiger partial charge on any atom is -0.354 e. The largest absolute Gasteiger partial charge is 0.354 e. The second-order valence-corrected chi connectivity index (χ2v) is 4.91. The van der Waals surface area contributed by atoms with Gasteiger partial charge in [0.25, 0.3) is 0 Å². The highest BCUT2D eigenvalue weighted by molar-refractivity contribution is 9.10. The van der Waals surface area contributed by atoms with Crippen LogP contribution in [0.1, 0.15) is 10.4 Å². The first-order valence-corrected chi connectivity index (χ1v) is 6.22. The SMILES string of the molecule is O=C1CN(CC(=O)c2cccc(Br)c2)CCN1. The van der Waals surface area contributed by atoms with Crippen molar-refractivity contribution in [2.75, 3.05) is 26.2 Å². The number of Topliss-reactive ketones (excluding diaryl/α,β-unsaturated/α-hetero) is 1. The van der Waals surface area contributed by atoms with Crippen molar-refractivity contribution >= 4 is 27.6 Å². The molecule has 1 fully saturated rings. The Kier molecular flexibility index (Phi) is 3.91. The summed E-state index contributed by atoms with van der Waals surface area (Å²) < 4.78 is 0.889. The standard InChI is InChI=1S/C12H13BrN2O2/c13-10-3-1-2-9(6-10)11(16)7-15-5-4-14-12(17)8-15/h1-3,6H,4-5,7-8H2,(H,14,17). The molecular weight excluding hydrogens is 284 g/mol. The van der Waals surface area contributed by atoms with Crippen LogP contribution in [0, 0.1) is 0 Å². The molecule has 1 aliphatic rings. The number of benzene rings is 1. The fourth-order valence-corrected chi connectivity index (χ4v) is 2.18. The Balaban J connectivity index is 1.99. The fourth-order valence-electron chi connectivity index (χ4n) is 1.78. The van der Waals surface area contributed by atoms with Crippen molar-refractivity contribution in [1.82, 2.24) is 10.2 Å². The summed E-state index contributed by atoms with van der Waals surface area (Å²) in [4.78, 5) is 25.0. The van der Waals surface area contributed by atoms with Crippen LogP contribution >= 0.6 is 15.9 Å². The molecule has 90 valence electrons. The lowest BCUT2D eigenvalue weighted by Gasteiger charge is -2.25. The Labute approximate surface area is 108 Å². The maximum Gasteiger partial charge on any atom is 0.234 e. The lowest BCUT2D eigenvalue weighted by molar-refractivity contribution is -0.123. The summed E-state index contributed by atoms with van der Waals surface area (Å²) in [6.07, 6.45) is 0. The maximum atomic E-state index is 12.0. The highest BCUT2D eigenvalue weighted by Gasteiger charge is 2.19. The van der Waals surface area contributed by atoms with Crippen LogP contribution in [-0.4, -0.2) is 42.8 Å². The van der Waals surface area contributed by atoms with Gasteiger partial charge in [-0.1, -0.05) is 28.1 Å². The van der Waals surface area contributed by atoms with E-state index in [0.717, 1.165) is 11.0 Å². The van der Waals surface area contributed by atoms with Gasteiger partial charge in [0, 0.05) is 23.1 Å². The molecule has 1 saturated heterocycles. The summed E-state index contributed by atoms with van der Waals surface area (Å²) >= 11 is 3.34. The van der Waals surface area contributed by atoms with Crippen LogP contribution in [0.2, 0.25) is 0 Å². The normalized spacial score (nSPS) is 16.6. The molecule has 1 heterocycles. The predicted molar refractivity (Wildman–Crippen MR) is 67.9 cm³/mol. The first-order chi connectivity index (χ1) is 8.15. The Bertz CT molecular complexity index is 448. The van der Waals surface area contributed by atoms with Crippen molar-refractivity contribution in [2.45, 2.75) is 0 Å². The van der Waals surface area contributed by atoms with E-state index in [4.69, 9.17) is 0 Å². The molecule has 0 aliphatic carbocycles. The molecule has 0 spiro atoms. The minimum absolute atomic E-state index is 0.0155. The van der Waals surface area contributed by atoms with E-state index in [1.807, 2.05) is 17.0 Å². The number of hydrogen-bond donors (Lipinski definition) is 1. The second kappa shape index (κ2) is 5.42. The summed E-state index contributed by atoms with van der Waals surface area (Å²) in [5, 5.41) is 2.73. The first kappa shape index (κ1) is 12.3. The lowest BCUT2D eigenvalue weighted by atomic mass is 10.1. The zero-order chi connectivity index (χ0) is 12.3. The number of carbonyl (C=O) groups is 2. The van der Waals surface area contributed by atoms with Crippen LogP contribution in [0.3, 0.4) is 0 Å². The number of piperazine rings is 1. The molecule has 1 aromatic carbocycles. The summed E-state index contributed by atoms with van der Waals surface area (Å²) in [5.41, 5.74) is 0.672. The fraction of sp³-hybridized carbons (Fsp3) is 0.333. The van der Waals surface area contributed by atoms with Gasteiger partial charge in [0.15, 0.2) is 5.78 Å². The smallest absolute Gasteiger partial charge is 0.234 e. The molecule has 0 unspecified atom stereocenters. The van der Waals surface area contributed by atoms with Gasteiger partial charge in [-0.25, -0.2) is 0 Å². The van der Waals surface area contributed by atoms with Crippen molar-refractivity contribution in [3.63, 3.8) is 0 Å². The molecule has 0 saturated carbocycles. The maximum absolute atomic E-state index is 12.0. The van der Waals surface area contributed by atoms with Gasteiger partial charge in [-0.2, -0.15) is 0 Å². The summed E-state index contributed by atoms with van der Waals surface area (Å²) in [6, 6.07) is 7.30. The highest BCUT2D eigenvalue weighted by atomic mass is 79.9. The Morgan fingerprint density at radius 3 is 3.00 bits per heavy atom. The monoisotopic (exact) mass is 296 g/mol. The van der Waals surface area contributed by atoms with Crippen molar-refractivity contribution < 1.29 is 9.59 Å². The highest BCUT2D eigenvalue weighted by Crippen LogP contribution is 2.12. The van der Waals surface area contributed by atoms with Crippen LogP contribution in [0.15, 0.2) is 28.7 Å². The Morgan fingerprint density at radius 1 is 1.47 bits per heavy atom. The van der Waals surface area contributed by atoms with Gasteiger partial charge in [0.05, 0.1) is 13.1 Å². The van der Waals surface area contributed by atoms with Crippen LogP contribution < -0.4 is 5.32 Å². The Hall–Kier alpha value is -1.20. The third-order valence-corrected chi connectivity index (χ3v) is 3.12. The molecule has 0 aromatic heterocycles. The van der Waals surface area contributed by atoms with Gasteiger partial charge in [0.2, 0.25) is 5.91 Å². The molecule has 2 rings (SSSR count). The van der Waals surface area contributed by atoms with E-state index in [1.165, 1.54) is 0 Å². The first-order valence-electron chi connectivity index (χ1n) is 5.43. The van der Waals surface area contributed by atoms with E-state index in [0.29, 0.717) is 25.2 Å². The molecule has 0 atom stereocenters. The van der Waals surface area contributed by atoms with E-state index < -0.39 is 0 Å². The van der Waals surface area contributed by atoms with Crippen LogP contribution in [-0.2, 0) is 4.79 Å². The molecule has 1 N–H and O–H groups in total. The van der Waals surface area contributed by atoms with Crippen LogP contribution in [0.5, 0.6) is 0 Å². The van der Waals surface area contributed by atoms with Gasteiger partial charge >= 0.3 is 0 Å². The third kappa shape index (κ3) is 3.38. The molecule has 1 amide bonds. The van der Waals surface area contributed by atoms with E-state index in [1.54, 1.807) is 12.1 Å². The number of nitrogens with zero attached hydrogens (tertiary/aromatic N) is 1. The van der Waals surface area contributed by atoms with Crippen molar-refractivity contribution in [1.29, 1.82) is 0 Å². The lowest BCUT2D eigenvalue weighted by Crippen LogP contribution is -2.49. The van der Waals surface area contributed by atoms with Gasteiger partial charge in [-0.15, -0.1) is 0 Å². The Morgan fingerprint density at radius 2 is 2.29 bits per heavy atom.